The van der Waals surface area contributed by atoms with Crippen LogP contribution >= 0.6 is 0 Å². The molecule has 20 heavy (non-hydrogen) atoms. The lowest BCUT2D eigenvalue weighted by molar-refractivity contribution is 0.585. The monoisotopic (exact) mass is 269 g/mol. The lowest BCUT2D eigenvalue weighted by Gasteiger charge is -2.15. The quantitative estimate of drug-likeness (QED) is 0.577. The van der Waals surface area contributed by atoms with Gasteiger partial charge in [-0.2, -0.15) is 0 Å². The van der Waals surface area contributed by atoms with Gasteiger partial charge in [-0.25, -0.2) is 0 Å². The fourth-order valence-electron chi connectivity index (χ4n) is 2.23. The van der Waals surface area contributed by atoms with E-state index in [1.54, 1.807) is 6.07 Å². The molecule has 0 fully saturated rings. The summed E-state index contributed by atoms with van der Waals surface area (Å²) in [4.78, 5) is 14.7. The van der Waals surface area contributed by atoms with Crippen LogP contribution in [0.4, 0.5) is 5.69 Å². The molecule has 1 heterocycles. The molecule has 0 amide bonds. The van der Waals surface area contributed by atoms with Crippen LogP contribution in [0.2, 0.25) is 0 Å². The second-order valence-electron chi connectivity index (χ2n) is 4.64. The van der Waals surface area contributed by atoms with Crippen LogP contribution in [-0.4, -0.2) is 12.0 Å². The first-order chi connectivity index (χ1) is 9.65. The molecular weight excluding hydrogens is 250 g/mol. The van der Waals surface area contributed by atoms with E-state index in [2.05, 4.69) is 16.9 Å². The van der Waals surface area contributed by atoms with Crippen molar-refractivity contribution in [2.45, 2.75) is 12.5 Å². The first kappa shape index (κ1) is 14.1. The third kappa shape index (κ3) is 2.97. The van der Waals surface area contributed by atoms with Crippen LogP contribution in [0.25, 0.3) is 11.1 Å². The van der Waals surface area contributed by atoms with E-state index in [1.807, 2.05) is 43.5 Å². The minimum absolute atomic E-state index is 0.0325. The number of aromatic amines is 1. The topological polar surface area (TPSA) is 70.9 Å². The zero-order chi connectivity index (χ0) is 14.5. The molecule has 0 bridgehead atoms. The highest BCUT2D eigenvalue weighted by atomic mass is 16.1. The summed E-state index contributed by atoms with van der Waals surface area (Å²) in [6.45, 7) is 3.74. The van der Waals surface area contributed by atoms with Crippen molar-refractivity contribution in [1.82, 2.24) is 10.3 Å². The summed E-state index contributed by atoms with van der Waals surface area (Å²) in [7, 11) is 1.86. The molecule has 0 saturated carbocycles. The Labute approximate surface area is 118 Å². The Morgan fingerprint density at radius 2 is 2.15 bits per heavy atom. The van der Waals surface area contributed by atoms with E-state index < -0.39 is 0 Å². The SMILES string of the molecule is C=CCC(NC)c1cc(-c2ccccc2N)cc(=O)[nH]1. The third-order valence-electron chi connectivity index (χ3n) is 3.26. The summed E-state index contributed by atoms with van der Waals surface area (Å²) in [5.74, 6) is 0. The van der Waals surface area contributed by atoms with E-state index in [1.165, 1.54) is 0 Å². The number of para-hydroxylation sites is 1. The number of rotatable bonds is 5. The maximum absolute atomic E-state index is 11.9. The third-order valence-corrected chi connectivity index (χ3v) is 3.26. The van der Waals surface area contributed by atoms with Crippen molar-refractivity contribution in [3.63, 3.8) is 0 Å². The van der Waals surface area contributed by atoms with Gasteiger partial charge in [-0.05, 0) is 31.2 Å². The average molecular weight is 269 g/mol. The minimum Gasteiger partial charge on any atom is -0.398 e. The Kier molecular flexibility index (Phi) is 4.38. The highest BCUT2D eigenvalue weighted by Crippen LogP contribution is 2.26. The number of anilines is 1. The molecule has 0 aliphatic rings. The Hall–Kier alpha value is -2.33. The van der Waals surface area contributed by atoms with Gasteiger partial charge in [-0.1, -0.05) is 24.3 Å². The molecule has 1 aromatic heterocycles. The molecule has 104 valence electrons. The molecule has 4 nitrogen and oxygen atoms in total. The Bertz CT molecular complexity index is 661. The van der Waals surface area contributed by atoms with Crippen molar-refractivity contribution in [3.05, 3.63) is 65.1 Å². The van der Waals surface area contributed by atoms with Gasteiger partial charge in [0.25, 0.3) is 0 Å². The van der Waals surface area contributed by atoms with E-state index >= 15 is 0 Å². The van der Waals surface area contributed by atoms with Gasteiger partial charge in [0.1, 0.15) is 0 Å². The van der Waals surface area contributed by atoms with Gasteiger partial charge in [-0.15, -0.1) is 6.58 Å². The fourth-order valence-corrected chi connectivity index (χ4v) is 2.23. The Balaban J connectivity index is 2.51. The number of nitrogen functional groups attached to an aromatic ring is 1. The van der Waals surface area contributed by atoms with E-state index in [9.17, 15) is 4.79 Å². The molecule has 0 aliphatic heterocycles. The maximum atomic E-state index is 11.9. The number of nitrogens with two attached hydrogens (primary N) is 1. The Morgan fingerprint density at radius 1 is 1.40 bits per heavy atom. The standard InChI is InChI=1S/C16H19N3O/c1-3-6-14(18-2)15-9-11(10-16(20)19-15)12-7-4-5-8-13(12)17/h3-5,7-10,14,18H,1,6,17H2,2H3,(H,19,20). The highest BCUT2D eigenvalue weighted by molar-refractivity contribution is 5.76. The zero-order valence-corrected chi connectivity index (χ0v) is 11.5. The minimum atomic E-state index is -0.134. The number of nitrogens with one attached hydrogen (secondary N) is 2. The number of hydrogen-bond acceptors (Lipinski definition) is 3. The number of benzene rings is 1. The van der Waals surface area contributed by atoms with Crippen molar-refractivity contribution < 1.29 is 0 Å². The van der Waals surface area contributed by atoms with Crippen molar-refractivity contribution in [3.8, 4) is 11.1 Å². The molecule has 0 aliphatic carbocycles. The molecule has 1 atom stereocenters. The van der Waals surface area contributed by atoms with Gasteiger partial charge in [0.15, 0.2) is 0 Å². The van der Waals surface area contributed by atoms with E-state index in [0.717, 1.165) is 23.2 Å². The van der Waals surface area contributed by atoms with Crippen molar-refractivity contribution in [1.29, 1.82) is 0 Å². The van der Waals surface area contributed by atoms with Gasteiger partial charge >= 0.3 is 0 Å². The second kappa shape index (κ2) is 6.21. The molecule has 0 spiro atoms. The maximum Gasteiger partial charge on any atom is 0.248 e. The van der Waals surface area contributed by atoms with Crippen LogP contribution in [0.5, 0.6) is 0 Å². The average Bonchev–Trinajstić information content (AvgIpc) is 2.44. The molecule has 0 saturated heterocycles. The molecule has 2 aromatic rings. The molecule has 1 unspecified atom stereocenters. The summed E-state index contributed by atoms with van der Waals surface area (Å²) >= 11 is 0. The molecule has 4 N–H and O–H groups in total. The number of hydrogen-bond donors (Lipinski definition) is 3. The van der Waals surface area contributed by atoms with E-state index in [0.29, 0.717) is 5.69 Å². The summed E-state index contributed by atoms with van der Waals surface area (Å²) in [5.41, 5.74) is 9.03. The summed E-state index contributed by atoms with van der Waals surface area (Å²) < 4.78 is 0. The number of pyridine rings is 1. The van der Waals surface area contributed by atoms with Gasteiger partial charge in [-0.3, -0.25) is 4.79 Å². The van der Waals surface area contributed by atoms with Crippen LogP contribution in [0, 0.1) is 0 Å². The smallest absolute Gasteiger partial charge is 0.248 e. The molecular formula is C16H19N3O. The molecule has 4 heteroatoms. The van der Waals surface area contributed by atoms with E-state index in [4.69, 9.17) is 5.73 Å². The highest BCUT2D eigenvalue weighted by Gasteiger charge is 2.11. The van der Waals surface area contributed by atoms with Gasteiger partial charge in [0.2, 0.25) is 5.56 Å². The fraction of sp³-hybridized carbons (Fsp3) is 0.188. The first-order valence-electron chi connectivity index (χ1n) is 6.53. The molecule has 1 aromatic carbocycles. The molecule has 2 rings (SSSR count). The van der Waals surface area contributed by atoms with Crippen LogP contribution in [0.3, 0.4) is 0 Å². The van der Waals surface area contributed by atoms with Gasteiger partial charge in [0.05, 0.1) is 6.04 Å². The summed E-state index contributed by atoms with van der Waals surface area (Å²) in [5, 5.41) is 3.17. The van der Waals surface area contributed by atoms with Gasteiger partial charge in [0, 0.05) is 23.0 Å². The van der Waals surface area contributed by atoms with Crippen LogP contribution in [0.1, 0.15) is 18.2 Å². The van der Waals surface area contributed by atoms with Crippen molar-refractivity contribution >= 4 is 5.69 Å². The van der Waals surface area contributed by atoms with Crippen molar-refractivity contribution in [2.24, 2.45) is 0 Å². The summed E-state index contributed by atoms with van der Waals surface area (Å²) in [6, 6.07) is 11.1. The lowest BCUT2D eigenvalue weighted by Crippen LogP contribution is -2.20. The van der Waals surface area contributed by atoms with Crippen LogP contribution in [0.15, 0.2) is 53.8 Å². The van der Waals surface area contributed by atoms with Crippen LogP contribution in [-0.2, 0) is 0 Å². The zero-order valence-electron chi connectivity index (χ0n) is 11.5. The van der Waals surface area contributed by atoms with Crippen LogP contribution < -0.4 is 16.6 Å². The largest absolute Gasteiger partial charge is 0.398 e. The number of aromatic nitrogens is 1. The van der Waals surface area contributed by atoms with E-state index in [-0.39, 0.29) is 11.6 Å². The lowest BCUT2D eigenvalue weighted by atomic mass is 10.0. The Morgan fingerprint density at radius 3 is 2.80 bits per heavy atom. The molecule has 0 radical (unpaired) electrons. The normalized spacial score (nSPS) is 12.1. The summed E-state index contributed by atoms with van der Waals surface area (Å²) in [6.07, 6.45) is 2.56. The number of H-pyrrole nitrogens is 1. The predicted molar refractivity (Wildman–Crippen MR) is 83.5 cm³/mol. The second-order valence-corrected chi connectivity index (χ2v) is 4.64. The van der Waals surface area contributed by atoms with Gasteiger partial charge < -0.3 is 16.0 Å². The van der Waals surface area contributed by atoms with Crippen molar-refractivity contribution in [2.75, 3.05) is 12.8 Å². The predicted octanol–water partition coefficient (Wildman–Crippen LogP) is 2.46. The first-order valence-corrected chi connectivity index (χ1v) is 6.53.